The van der Waals surface area contributed by atoms with Gasteiger partial charge in [-0.15, -0.1) is 0 Å². The molecule has 1 aliphatic heterocycles. The van der Waals surface area contributed by atoms with Gasteiger partial charge in [-0.05, 0) is 24.7 Å². The number of nitrogens with zero attached hydrogens (tertiary/aromatic N) is 1. The summed E-state index contributed by atoms with van der Waals surface area (Å²) >= 11 is 0. The molecule has 1 N–H and O–H groups in total. The maximum atomic E-state index is 13.0. The van der Waals surface area contributed by atoms with E-state index in [1.165, 1.54) is 19.3 Å². The van der Waals surface area contributed by atoms with Gasteiger partial charge in [-0.25, -0.2) is 0 Å². The molecule has 0 bridgehead atoms. The zero-order valence-electron chi connectivity index (χ0n) is 13.9. The van der Waals surface area contributed by atoms with Crippen molar-refractivity contribution >= 4 is 11.8 Å². The Morgan fingerprint density at radius 3 is 2.29 bits per heavy atom. The van der Waals surface area contributed by atoms with Gasteiger partial charge in [0.2, 0.25) is 11.8 Å². The van der Waals surface area contributed by atoms with Gasteiger partial charge in [0, 0.05) is 6.04 Å². The summed E-state index contributed by atoms with van der Waals surface area (Å²) in [4.78, 5) is 27.5. The molecule has 1 saturated heterocycles. The molecule has 0 radical (unpaired) electrons. The Kier molecular flexibility index (Phi) is 5.28. The van der Waals surface area contributed by atoms with Crippen molar-refractivity contribution in [3.63, 3.8) is 0 Å². The second kappa shape index (κ2) is 6.80. The molecule has 4 heteroatoms. The first-order chi connectivity index (χ1) is 9.97. The fraction of sp³-hybridized carbons (Fsp3) is 0.882. The number of piperazine rings is 1. The van der Waals surface area contributed by atoms with E-state index < -0.39 is 0 Å². The summed E-state index contributed by atoms with van der Waals surface area (Å²) in [6.07, 6.45) is 6.63. The van der Waals surface area contributed by atoms with Crippen molar-refractivity contribution in [3.05, 3.63) is 0 Å². The van der Waals surface area contributed by atoms with E-state index in [1.54, 1.807) is 0 Å². The first-order valence-electron chi connectivity index (χ1n) is 8.59. The van der Waals surface area contributed by atoms with Gasteiger partial charge in [0.05, 0.1) is 0 Å². The lowest BCUT2D eigenvalue weighted by Gasteiger charge is -2.47. The summed E-state index contributed by atoms with van der Waals surface area (Å²) in [5, 5.41) is 2.97. The molecule has 0 spiro atoms. The van der Waals surface area contributed by atoms with E-state index in [9.17, 15) is 9.59 Å². The highest BCUT2D eigenvalue weighted by Crippen LogP contribution is 2.31. The lowest BCUT2D eigenvalue weighted by atomic mass is 9.85. The number of rotatable bonds is 4. The standard InChI is InChI=1S/C17H30N2O2/c1-5-12(4)15-16(20)18-14(11(2)3)17(21)19(15)13-9-7-6-8-10-13/h11-15H,5-10H2,1-4H3,(H,18,20). The van der Waals surface area contributed by atoms with Gasteiger partial charge in [0.25, 0.3) is 0 Å². The molecule has 2 fully saturated rings. The average Bonchev–Trinajstić information content (AvgIpc) is 2.48. The number of hydrogen-bond acceptors (Lipinski definition) is 2. The van der Waals surface area contributed by atoms with Crippen molar-refractivity contribution in [3.8, 4) is 0 Å². The maximum Gasteiger partial charge on any atom is 0.246 e. The van der Waals surface area contributed by atoms with Gasteiger partial charge in [-0.2, -0.15) is 0 Å². The first kappa shape index (κ1) is 16.3. The molecular weight excluding hydrogens is 264 g/mol. The Bertz CT molecular complexity index is 388. The van der Waals surface area contributed by atoms with E-state index in [-0.39, 0.29) is 41.8 Å². The second-order valence-electron chi connectivity index (χ2n) is 7.10. The molecule has 0 aromatic rings. The fourth-order valence-corrected chi connectivity index (χ4v) is 3.70. The van der Waals surface area contributed by atoms with E-state index in [0.29, 0.717) is 0 Å². The van der Waals surface area contributed by atoms with Gasteiger partial charge in [-0.1, -0.05) is 53.4 Å². The van der Waals surface area contributed by atoms with E-state index in [1.807, 2.05) is 18.7 Å². The van der Waals surface area contributed by atoms with Crippen LogP contribution in [0.3, 0.4) is 0 Å². The van der Waals surface area contributed by atoms with Crippen LogP contribution in [-0.4, -0.2) is 34.8 Å². The van der Waals surface area contributed by atoms with Crippen LogP contribution in [0.1, 0.15) is 66.2 Å². The Morgan fingerprint density at radius 2 is 1.76 bits per heavy atom. The molecule has 2 aliphatic rings. The second-order valence-corrected chi connectivity index (χ2v) is 7.10. The van der Waals surface area contributed by atoms with Gasteiger partial charge < -0.3 is 10.2 Å². The Labute approximate surface area is 128 Å². The van der Waals surface area contributed by atoms with Crippen molar-refractivity contribution < 1.29 is 9.59 Å². The van der Waals surface area contributed by atoms with Crippen molar-refractivity contribution in [2.45, 2.75) is 84.3 Å². The summed E-state index contributed by atoms with van der Waals surface area (Å²) in [6, 6.07) is -0.363. The highest BCUT2D eigenvalue weighted by molar-refractivity contribution is 5.97. The summed E-state index contributed by atoms with van der Waals surface area (Å²) in [5.41, 5.74) is 0. The predicted molar refractivity (Wildman–Crippen MR) is 83.7 cm³/mol. The quantitative estimate of drug-likeness (QED) is 0.866. The molecule has 3 unspecified atom stereocenters. The van der Waals surface area contributed by atoms with Crippen LogP contribution in [0.5, 0.6) is 0 Å². The van der Waals surface area contributed by atoms with Crippen LogP contribution in [0, 0.1) is 11.8 Å². The third kappa shape index (κ3) is 3.24. The molecule has 2 amide bonds. The van der Waals surface area contributed by atoms with Gasteiger partial charge >= 0.3 is 0 Å². The molecule has 2 rings (SSSR count). The lowest BCUT2D eigenvalue weighted by molar-refractivity contribution is -0.156. The van der Waals surface area contributed by atoms with Gasteiger partial charge in [-0.3, -0.25) is 9.59 Å². The van der Waals surface area contributed by atoms with E-state index >= 15 is 0 Å². The molecule has 1 aliphatic carbocycles. The normalized spacial score (nSPS) is 29.7. The topological polar surface area (TPSA) is 49.4 Å². The highest BCUT2D eigenvalue weighted by atomic mass is 16.2. The number of carbonyl (C=O) groups excluding carboxylic acids is 2. The number of amides is 2. The number of hydrogen-bond donors (Lipinski definition) is 1. The minimum atomic E-state index is -0.347. The van der Waals surface area contributed by atoms with Crippen LogP contribution in [0.2, 0.25) is 0 Å². The van der Waals surface area contributed by atoms with E-state index in [2.05, 4.69) is 19.2 Å². The van der Waals surface area contributed by atoms with Gasteiger partial charge in [0.15, 0.2) is 0 Å². The fourth-order valence-electron chi connectivity index (χ4n) is 3.70. The van der Waals surface area contributed by atoms with Gasteiger partial charge in [0.1, 0.15) is 12.1 Å². The van der Waals surface area contributed by atoms with Crippen LogP contribution >= 0.6 is 0 Å². The monoisotopic (exact) mass is 294 g/mol. The predicted octanol–water partition coefficient (Wildman–Crippen LogP) is 2.72. The largest absolute Gasteiger partial charge is 0.342 e. The van der Waals surface area contributed by atoms with Crippen LogP contribution < -0.4 is 5.32 Å². The molecular formula is C17H30N2O2. The van der Waals surface area contributed by atoms with E-state index in [4.69, 9.17) is 0 Å². The molecule has 1 saturated carbocycles. The lowest BCUT2D eigenvalue weighted by Crippen LogP contribution is -2.68. The summed E-state index contributed by atoms with van der Waals surface area (Å²) in [6.45, 7) is 8.19. The zero-order chi connectivity index (χ0) is 15.6. The van der Waals surface area contributed by atoms with Crippen molar-refractivity contribution in [1.82, 2.24) is 10.2 Å². The number of nitrogens with one attached hydrogen (secondary N) is 1. The summed E-state index contributed by atoms with van der Waals surface area (Å²) in [5.74, 6) is 0.546. The molecule has 21 heavy (non-hydrogen) atoms. The molecule has 120 valence electrons. The Morgan fingerprint density at radius 1 is 1.14 bits per heavy atom. The molecule has 1 heterocycles. The van der Waals surface area contributed by atoms with Crippen molar-refractivity contribution in [1.29, 1.82) is 0 Å². The maximum absolute atomic E-state index is 13.0. The average molecular weight is 294 g/mol. The van der Waals surface area contributed by atoms with E-state index in [0.717, 1.165) is 19.3 Å². The van der Waals surface area contributed by atoms with Crippen LogP contribution in [-0.2, 0) is 9.59 Å². The summed E-state index contributed by atoms with van der Waals surface area (Å²) in [7, 11) is 0. The first-order valence-corrected chi connectivity index (χ1v) is 8.59. The van der Waals surface area contributed by atoms with Crippen molar-refractivity contribution in [2.75, 3.05) is 0 Å². The third-order valence-electron chi connectivity index (χ3n) is 5.20. The van der Waals surface area contributed by atoms with Crippen LogP contribution in [0.15, 0.2) is 0 Å². The SMILES string of the molecule is CCC(C)C1C(=O)NC(C(C)C)C(=O)N1C1CCCCC1. The molecule has 0 aromatic carbocycles. The highest BCUT2D eigenvalue weighted by Gasteiger charge is 2.46. The minimum absolute atomic E-state index is 0.0493. The smallest absolute Gasteiger partial charge is 0.246 e. The van der Waals surface area contributed by atoms with Crippen LogP contribution in [0.4, 0.5) is 0 Å². The summed E-state index contributed by atoms with van der Waals surface area (Å²) < 4.78 is 0. The zero-order valence-corrected chi connectivity index (χ0v) is 13.9. The molecule has 3 atom stereocenters. The Hall–Kier alpha value is -1.06. The molecule has 4 nitrogen and oxygen atoms in total. The minimum Gasteiger partial charge on any atom is -0.342 e. The Balaban J connectivity index is 2.29. The van der Waals surface area contributed by atoms with Crippen LogP contribution in [0.25, 0.3) is 0 Å². The van der Waals surface area contributed by atoms with Crippen molar-refractivity contribution in [2.24, 2.45) is 11.8 Å². The molecule has 0 aromatic heterocycles. The third-order valence-corrected chi connectivity index (χ3v) is 5.20. The number of carbonyl (C=O) groups is 2.